The molecule has 0 fully saturated rings. The fourth-order valence-electron chi connectivity index (χ4n) is 2.64. The highest BCUT2D eigenvalue weighted by Crippen LogP contribution is 2.32. The van der Waals surface area contributed by atoms with E-state index in [0.29, 0.717) is 17.0 Å². The van der Waals surface area contributed by atoms with Gasteiger partial charge in [0.05, 0.1) is 22.0 Å². The summed E-state index contributed by atoms with van der Waals surface area (Å²) >= 11 is 3.98. The second-order valence-corrected chi connectivity index (χ2v) is 10.4. The highest BCUT2D eigenvalue weighted by Gasteiger charge is 2.35. The van der Waals surface area contributed by atoms with Crippen LogP contribution in [0.1, 0.15) is 18.5 Å². The number of carbonyl (C=O) groups excluding carboxylic acids is 1. The molecule has 176 valence electrons. The van der Waals surface area contributed by atoms with Crippen LogP contribution in [0.15, 0.2) is 45.3 Å². The molecule has 1 aromatic carbocycles. The van der Waals surface area contributed by atoms with E-state index >= 15 is 0 Å². The van der Waals surface area contributed by atoms with Crippen LogP contribution in [0, 0.1) is 11.6 Å². The molecule has 0 aliphatic heterocycles. The molecule has 0 aliphatic carbocycles. The molecule has 0 spiro atoms. The van der Waals surface area contributed by atoms with Gasteiger partial charge in [0.15, 0.2) is 5.82 Å². The predicted molar refractivity (Wildman–Crippen MR) is 114 cm³/mol. The lowest BCUT2D eigenvalue weighted by Crippen LogP contribution is -2.18. The number of sulfone groups is 1. The SMILES string of the molecule is O=C(CCCS(=O)(=O)c1nc(-c2cccs2)cc(C(F)(F)F)n1)Nc1c(F)cc(F)cc1Br. The Labute approximate surface area is 196 Å². The molecule has 3 rings (SSSR count). The molecule has 0 saturated carbocycles. The Morgan fingerprint density at radius 2 is 1.88 bits per heavy atom. The van der Waals surface area contributed by atoms with Gasteiger partial charge in [-0.1, -0.05) is 6.07 Å². The van der Waals surface area contributed by atoms with Gasteiger partial charge in [-0.25, -0.2) is 27.2 Å². The second kappa shape index (κ2) is 9.81. The molecule has 1 amide bonds. The normalized spacial score (nSPS) is 12.1. The Balaban J connectivity index is 1.74. The Kier molecular flexibility index (Phi) is 7.49. The van der Waals surface area contributed by atoms with Crippen molar-refractivity contribution in [3.63, 3.8) is 0 Å². The molecule has 0 aliphatic rings. The third-order valence-corrected chi connectivity index (χ3v) is 7.22. The van der Waals surface area contributed by atoms with Gasteiger partial charge in [0.2, 0.25) is 20.9 Å². The molecule has 14 heteroatoms. The number of halogens is 6. The van der Waals surface area contributed by atoms with Crippen LogP contribution < -0.4 is 5.32 Å². The minimum absolute atomic E-state index is 0.0561. The summed E-state index contributed by atoms with van der Waals surface area (Å²) in [5.74, 6) is -3.41. The van der Waals surface area contributed by atoms with E-state index in [9.17, 15) is 35.2 Å². The summed E-state index contributed by atoms with van der Waals surface area (Å²) < 4.78 is 91.8. The summed E-state index contributed by atoms with van der Waals surface area (Å²) in [5.41, 5.74) is -1.93. The van der Waals surface area contributed by atoms with Crippen molar-refractivity contribution in [1.82, 2.24) is 9.97 Å². The number of alkyl halides is 3. The van der Waals surface area contributed by atoms with Gasteiger partial charge in [0.25, 0.3) is 0 Å². The van der Waals surface area contributed by atoms with Gasteiger partial charge in [-0.15, -0.1) is 11.3 Å². The fraction of sp³-hybridized carbons (Fsp3) is 0.211. The monoisotopic (exact) mass is 569 g/mol. The summed E-state index contributed by atoms with van der Waals surface area (Å²) in [6, 6.07) is 5.21. The van der Waals surface area contributed by atoms with Gasteiger partial charge in [-0.2, -0.15) is 13.2 Å². The van der Waals surface area contributed by atoms with Crippen LogP contribution in [-0.4, -0.2) is 30.0 Å². The van der Waals surface area contributed by atoms with E-state index in [1.807, 2.05) is 0 Å². The molecule has 33 heavy (non-hydrogen) atoms. The topological polar surface area (TPSA) is 89.0 Å². The first-order chi connectivity index (χ1) is 15.4. The average molecular weight is 570 g/mol. The van der Waals surface area contributed by atoms with E-state index in [-0.39, 0.29) is 22.3 Å². The van der Waals surface area contributed by atoms with Gasteiger partial charge in [-0.3, -0.25) is 4.79 Å². The standard InChI is InChI=1S/C19H13BrF5N3O3S2/c20-11-7-10(21)8-12(22)17(11)28-16(29)4-2-6-33(30,31)18-26-13(14-3-1-5-32-14)9-15(27-18)19(23,24)25/h1,3,5,7-9H,2,4,6H2,(H,28,29). The molecular weight excluding hydrogens is 557 g/mol. The van der Waals surface area contributed by atoms with E-state index in [2.05, 4.69) is 31.2 Å². The lowest BCUT2D eigenvalue weighted by Gasteiger charge is -2.11. The highest BCUT2D eigenvalue weighted by atomic mass is 79.9. The molecule has 1 N–H and O–H groups in total. The Morgan fingerprint density at radius 1 is 1.15 bits per heavy atom. The highest BCUT2D eigenvalue weighted by molar-refractivity contribution is 9.10. The van der Waals surface area contributed by atoms with Crippen molar-refractivity contribution in [3.8, 4) is 10.6 Å². The summed E-state index contributed by atoms with van der Waals surface area (Å²) in [6.45, 7) is 0. The largest absolute Gasteiger partial charge is 0.433 e. The lowest BCUT2D eigenvalue weighted by atomic mass is 10.2. The molecule has 0 radical (unpaired) electrons. The van der Waals surface area contributed by atoms with Gasteiger partial charge >= 0.3 is 6.18 Å². The average Bonchev–Trinajstić information content (AvgIpc) is 3.24. The van der Waals surface area contributed by atoms with Crippen molar-refractivity contribution in [2.75, 3.05) is 11.1 Å². The van der Waals surface area contributed by atoms with E-state index in [4.69, 9.17) is 0 Å². The number of thiophene rings is 1. The summed E-state index contributed by atoms with van der Waals surface area (Å²) in [6.07, 6.45) is -5.60. The Morgan fingerprint density at radius 3 is 2.48 bits per heavy atom. The third-order valence-electron chi connectivity index (χ3n) is 4.14. The Hall–Kier alpha value is -2.45. The van der Waals surface area contributed by atoms with Crippen molar-refractivity contribution in [3.05, 3.63) is 57.5 Å². The number of hydrogen-bond acceptors (Lipinski definition) is 6. The van der Waals surface area contributed by atoms with Crippen LogP contribution in [0.3, 0.4) is 0 Å². The fourth-order valence-corrected chi connectivity index (χ4v) is 5.01. The van der Waals surface area contributed by atoms with Crippen LogP contribution in [0.2, 0.25) is 0 Å². The second-order valence-electron chi connectivity index (χ2n) is 6.61. The lowest BCUT2D eigenvalue weighted by molar-refractivity contribution is -0.141. The van der Waals surface area contributed by atoms with Crippen LogP contribution in [0.5, 0.6) is 0 Å². The first-order valence-electron chi connectivity index (χ1n) is 9.04. The summed E-state index contributed by atoms with van der Waals surface area (Å²) in [5, 5.41) is 2.78. The van der Waals surface area contributed by atoms with Crippen molar-refractivity contribution < 1.29 is 35.2 Å². The van der Waals surface area contributed by atoms with Crippen LogP contribution in [0.4, 0.5) is 27.6 Å². The minimum Gasteiger partial charge on any atom is -0.323 e. The van der Waals surface area contributed by atoms with Crippen LogP contribution in [-0.2, 0) is 20.8 Å². The van der Waals surface area contributed by atoms with E-state index in [1.165, 1.54) is 6.07 Å². The number of anilines is 1. The summed E-state index contributed by atoms with van der Waals surface area (Å²) in [7, 11) is -4.38. The Bertz CT molecular complexity index is 1260. The zero-order valence-corrected chi connectivity index (χ0v) is 19.5. The van der Waals surface area contributed by atoms with Gasteiger partial charge in [0.1, 0.15) is 11.5 Å². The van der Waals surface area contributed by atoms with Crippen LogP contribution in [0.25, 0.3) is 10.6 Å². The predicted octanol–water partition coefficient (Wildman–Crippen LogP) is 5.46. The van der Waals surface area contributed by atoms with E-state index in [1.54, 1.807) is 11.4 Å². The zero-order chi connectivity index (χ0) is 24.4. The number of rotatable bonds is 7. The number of carbonyl (C=O) groups is 1. The molecular formula is C19H13BrF5N3O3S2. The third kappa shape index (κ3) is 6.32. The smallest absolute Gasteiger partial charge is 0.323 e. The maximum Gasteiger partial charge on any atom is 0.433 e. The molecule has 2 aromatic heterocycles. The van der Waals surface area contributed by atoms with E-state index < -0.39 is 56.6 Å². The number of amides is 1. The first kappa shape index (κ1) is 25.2. The maximum absolute atomic E-state index is 13.8. The number of nitrogens with one attached hydrogen (secondary N) is 1. The van der Waals surface area contributed by atoms with Crippen molar-refractivity contribution in [2.24, 2.45) is 0 Å². The summed E-state index contributed by atoms with van der Waals surface area (Å²) in [4.78, 5) is 19.3. The number of nitrogens with zero attached hydrogens (tertiary/aromatic N) is 2. The van der Waals surface area contributed by atoms with Crippen molar-refractivity contribution in [1.29, 1.82) is 0 Å². The first-order valence-corrected chi connectivity index (χ1v) is 12.4. The van der Waals surface area contributed by atoms with Crippen molar-refractivity contribution >= 4 is 48.7 Å². The zero-order valence-electron chi connectivity index (χ0n) is 16.3. The number of benzene rings is 1. The molecule has 2 heterocycles. The number of aromatic nitrogens is 2. The van der Waals surface area contributed by atoms with Crippen LogP contribution >= 0.6 is 27.3 Å². The number of hydrogen-bond donors (Lipinski definition) is 1. The van der Waals surface area contributed by atoms with Gasteiger partial charge in [-0.05, 0) is 45.9 Å². The molecule has 0 saturated heterocycles. The molecule has 0 atom stereocenters. The quantitative estimate of drug-likeness (QED) is 0.301. The van der Waals surface area contributed by atoms with E-state index in [0.717, 1.165) is 17.4 Å². The maximum atomic E-state index is 13.8. The molecule has 0 unspecified atom stereocenters. The van der Waals surface area contributed by atoms with Crippen molar-refractivity contribution in [2.45, 2.75) is 24.2 Å². The molecule has 0 bridgehead atoms. The minimum atomic E-state index is -4.90. The van der Waals surface area contributed by atoms with Gasteiger partial charge in [0, 0.05) is 17.0 Å². The van der Waals surface area contributed by atoms with Gasteiger partial charge < -0.3 is 5.32 Å². The molecule has 3 aromatic rings. The molecule has 6 nitrogen and oxygen atoms in total.